The molecule has 0 amide bonds. The van der Waals surface area contributed by atoms with Crippen LogP contribution in [0.25, 0.3) is 0 Å². The van der Waals surface area contributed by atoms with E-state index < -0.39 is 0 Å². The zero-order valence-corrected chi connectivity index (χ0v) is 9.35. The fraction of sp³-hybridized carbons (Fsp3) is 1.00. The number of hydrogen-bond acceptors (Lipinski definition) is 1. The maximum Gasteiger partial charge on any atom is 0.0469 e. The molecule has 0 aromatic rings. The highest BCUT2D eigenvalue weighted by molar-refractivity contribution is 6.20. The maximum absolute atomic E-state index is 6.24. The Hall–Kier alpha value is 0.250. The first-order chi connectivity index (χ1) is 6.34. The minimum absolute atomic E-state index is 0.416. The van der Waals surface area contributed by atoms with Gasteiger partial charge in [-0.05, 0) is 31.6 Å². The largest absolute Gasteiger partial charge is 0.381 e. The molecule has 0 N–H and O–H groups in total. The molecule has 0 radical (unpaired) electrons. The Labute approximate surface area is 86.8 Å². The molecule has 0 bridgehead atoms. The molecule has 2 heteroatoms. The molecule has 2 unspecified atom stereocenters. The summed E-state index contributed by atoms with van der Waals surface area (Å²) in [5, 5.41) is 0.416. The lowest BCUT2D eigenvalue weighted by molar-refractivity contribution is 0.115. The third kappa shape index (κ3) is 4.33. The third-order valence-electron chi connectivity index (χ3n) is 2.80. The van der Waals surface area contributed by atoms with E-state index in [1.54, 1.807) is 0 Å². The van der Waals surface area contributed by atoms with Crippen molar-refractivity contribution in [1.29, 1.82) is 0 Å². The minimum Gasteiger partial charge on any atom is -0.381 e. The summed E-state index contributed by atoms with van der Waals surface area (Å²) in [5.74, 6) is 0.715. The molecule has 0 aromatic heterocycles. The highest BCUT2D eigenvalue weighted by Gasteiger charge is 2.22. The lowest BCUT2D eigenvalue weighted by Gasteiger charge is -2.26. The molecule has 1 rings (SSSR count). The van der Waals surface area contributed by atoms with E-state index in [-0.39, 0.29) is 0 Å². The predicted octanol–water partition coefficient (Wildman–Crippen LogP) is 3.60. The van der Waals surface area contributed by atoms with E-state index in [0.717, 1.165) is 26.1 Å². The molecule has 0 aliphatic heterocycles. The van der Waals surface area contributed by atoms with Crippen LogP contribution in [0.4, 0.5) is 0 Å². The number of hydrogen-bond donors (Lipinski definition) is 0. The Morgan fingerprint density at radius 1 is 1.23 bits per heavy atom. The van der Waals surface area contributed by atoms with Gasteiger partial charge in [0.05, 0.1) is 0 Å². The van der Waals surface area contributed by atoms with Crippen LogP contribution in [0.1, 0.15) is 45.4 Å². The second-order valence-electron chi connectivity index (χ2n) is 3.96. The van der Waals surface area contributed by atoms with Crippen LogP contribution in [0.2, 0.25) is 0 Å². The molecule has 0 heterocycles. The molecule has 1 nitrogen and oxygen atoms in total. The molecule has 1 fully saturated rings. The number of ether oxygens (including phenoxy) is 1. The van der Waals surface area contributed by atoms with Gasteiger partial charge in [-0.1, -0.05) is 19.8 Å². The highest BCUT2D eigenvalue weighted by Crippen LogP contribution is 2.30. The number of rotatable bonds is 5. The van der Waals surface area contributed by atoms with Crippen molar-refractivity contribution in [3.8, 4) is 0 Å². The van der Waals surface area contributed by atoms with Crippen molar-refractivity contribution in [2.24, 2.45) is 5.92 Å². The van der Waals surface area contributed by atoms with Gasteiger partial charge in [0.25, 0.3) is 0 Å². The molecule has 1 aliphatic rings. The van der Waals surface area contributed by atoms with Crippen molar-refractivity contribution in [1.82, 2.24) is 0 Å². The van der Waals surface area contributed by atoms with E-state index >= 15 is 0 Å². The Morgan fingerprint density at radius 2 is 2.00 bits per heavy atom. The topological polar surface area (TPSA) is 9.23 Å². The van der Waals surface area contributed by atoms with Crippen LogP contribution >= 0.6 is 11.6 Å². The molecule has 0 spiro atoms. The second-order valence-corrected chi connectivity index (χ2v) is 4.52. The van der Waals surface area contributed by atoms with Crippen LogP contribution in [-0.2, 0) is 4.74 Å². The van der Waals surface area contributed by atoms with Gasteiger partial charge in [-0.15, -0.1) is 11.6 Å². The highest BCUT2D eigenvalue weighted by atomic mass is 35.5. The molecule has 0 aromatic carbocycles. The predicted molar refractivity (Wildman–Crippen MR) is 57.3 cm³/mol. The Morgan fingerprint density at radius 3 is 2.69 bits per heavy atom. The normalized spacial score (nSPS) is 29.1. The summed E-state index contributed by atoms with van der Waals surface area (Å²) in [4.78, 5) is 0. The zero-order valence-electron chi connectivity index (χ0n) is 8.60. The van der Waals surface area contributed by atoms with Gasteiger partial charge in [-0.2, -0.15) is 0 Å². The smallest absolute Gasteiger partial charge is 0.0469 e. The molecule has 1 saturated carbocycles. The Bertz CT molecular complexity index is 127. The fourth-order valence-corrected chi connectivity index (χ4v) is 2.37. The summed E-state index contributed by atoms with van der Waals surface area (Å²) in [6.45, 7) is 3.95. The second kappa shape index (κ2) is 6.67. The number of halogens is 1. The Balaban J connectivity index is 2.05. The molecule has 2 atom stereocenters. The first kappa shape index (κ1) is 11.3. The van der Waals surface area contributed by atoms with Crippen molar-refractivity contribution in [2.45, 2.75) is 50.8 Å². The first-order valence-corrected chi connectivity index (χ1v) is 6.00. The quantitative estimate of drug-likeness (QED) is 0.491. The summed E-state index contributed by atoms with van der Waals surface area (Å²) >= 11 is 6.24. The van der Waals surface area contributed by atoms with Crippen molar-refractivity contribution >= 4 is 11.6 Å². The fourth-order valence-electron chi connectivity index (χ4n) is 1.97. The van der Waals surface area contributed by atoms with Crippen LogP contribution in [0.5, 0.6) is 0 Å². The molecule has 0 saturated heterocycles. The van der Waals surface area contributed by atoms with Gasteiger partial charge in [0.1, 0.15) is 0 Å². The maximum atomic E-state index is 6.24. The number of alkyl halides is 1. The van der Waals surface area contributed by atoms with E-state index in [9.17, 15) is 0 Å². The van der Waals surface area contributed by atoms with Gasteiger partial charge in [0.15, 0.2) is 0 Å². The average Bonchev–Trinajstić information content (AvgIpc) is 2.15. The van der Waals surface area contributed by atoms with Gasteiger partial charge in [0, 0.05) is 18.6 Å². The van der Waals surface area contributed by atoms with Crippen molar-refractivity contribution in [3.63, 3.8) is 0 Å². The Kier molecular flexibility index (Phi) is 5.81. The van der Waals surface area contributed by atoms with E-state index in [1.807, 2.05) is 0 Å². The lowest BCUT2D eigenvalue weighted by Crippen LogP contribution is -2.21. The zero-order chi connectivity index (χ0) is 9.52. The minimum atomic E-state index is 0.416. The van der Waals surface area contributed by atoms with Gasteiger partial charge >= 0.3 is 0 Å². The van der Waals surface area contributed by atoms with Crippen LogP contribution in [0.15, 0.2) is 0 Å². The SMILES string of the molecule is CCCOCCC1CCCCC1Cl. The van der Waals surface area contributed by atoms with Gasteiger partial charge < -0.3 is 4.74 Å². The molecule has 13 heavy (non-hydrogen) atoms. The van der Waals surface area contributed by atoms with E-state index in [1.165, 1.54) is 25.7 Å². The third-order valence-corrected chi connectivity index (χ3v) is 3.37. The molecular weight excluding hydrogens is 184 g/mol. The summed E-state index contributed by atoms with van der Waals surface area (Å²) in [6, 6.07) is 0. The van der Waals surface area contributed by atoms with Crippen LogP contribution in [-0.4, -0.2) is 18.6 Å². The van der Waals surface area contributed by atoms with Crippen LogP contribution in [0.3, 0.4) is 0 Å². The van der Waals surface area contributed by atoms with Crippen molar-refractivity contribution in [2.75, 3.05) is 13.2 Å². The average molecular weight is 205 g/mol. The van der Waals surface area contributed by atoms with Crippen LogP contribution < -0.4 is 0 Å². The van der Waals surface area contributed by atoms with E-state index in [4.69, 9.17) is 16.3 Å². The molecular formula is C11H21ClO. The van der Waals surface area contributed by atoms with Crippen molar-refractivity contribution < 1.29 is 4.74 Å². The van der Waals surface area contributed by atoms with Gasteiger partial charge in [-0.3, -0.25) is 0 Å². The summed E-state index contributed by atoms with van der Waals surface area (Å²) in [6.07, 6.45) is 7.48. The van der Waals surface area contributed by atoms with Gasteiger partial charge in [0.2, 0.25) is 0 Å². The lowest BCUT2D eigenvalue weighted by atomic mass is 9.87. The van der Waals surface area contributed by atoms with Crippen LogP contribution in [0, 0.1) is 5.92 Å². The first-order valence-electron chi connectivity index (χ1n) is 5.56. The van der Waals surface area contributed by atoms with E-state index in [2.05, 4.69) is 6.92 Å². The standard InChI is InChI=1S/C11H21ClO/c1-2-8-13-9-7-10-5-3-4-6-11(10)12/h10-11H,2-9H2,1H3. The summed E-state index contributed by atoms with van der Waals surface area (Å²) in [5.41, 5.74) is 0. The van der Waals surface area contributed by atoms with Crippen molar-refractivity contribution in [3.05, 3.63) is 0 Å². The van der Waals surface area contributed by atoms with E-state index in [0.29, 0.717) is 11.3 Å². The summed E-state index contributed by atoms with van der Waals surface area (Å²) in [7, 11) is 0. The monoisotopic (exact) mass is 204 g/mol. The molecule has 1 aliphatic carbocycles. The van der Waals surface area contributed by atoms with Gasteiger partial charge in [-0.25, -0.2) is 0 Å². The molecule has 78 valence electrons. The summed E-state index contributed by atoms with van der Waals surface area (Å²) < 4.78 is 5.48.